The first-order chi connectivity index (χ1) is 8.70. The molecule has 0 aliphatic carbocycles. The summed E-state index contributed by atoms with van der Waals surface area (Å²) in [6.45, 7) is 1.71. The first-order valence-electron chi connectivity index (χ1n) is 6.04. The quantitative estimate of drug-likeness (QED) is 0.866. The minimum Gasteiger partial charge on any atom is -0.506 e. The third-order valence-corrected chi connectivity index (χ3v) is 2.94. The van der Waals surface area contributed by atoms with Crippen LogP contribution in [0, 0.1) is 6.92 Å². The normalized spacial score (nSPS) is 10.6. The van der Waals surface area contributed by atoms with E-state index in [1.54, 1.807) is 6.07 Å². The van der Waals surface area contributed by atoms with Crippen molar-refractivity contribution in [2.75, 3.05) is 0 Å². The summed E-state index contributed by atoms with van der Waals surface area (Å²) in [6.07, 6.45) is 1.50. The summed E-state index contributed by atoms with van der Waals surface area (Å²) >= 11 is 0. The molecule has 1 aromatic heterocycles. The van der Waals surface area contributed by atoms with Gasteiger partial charge < -0.3 is 10.2 Å². The third kappa shape index (κ3) is 2.87. The van der Waals surface area contributed by atoms with Gasteiger partial charge in [0.1, 0.15) is 5.75 Å². The Balaban J connectivity index is 2.17. The fourth-order valence-corrected chi connectivity index (χ4v) is 2.01. The molecule has 0 bridgehead atoms. The first kappa shape index (κ1) is 12.6. The molecule has 2 aromatic rings. The lowest BCUT2D eigenvalue weighted by molar-refractivity contribution is 0.274. The Morgan fingerprint density at radius 3 is 2.50 bits per heavy atom. The number of hydrogen-bond acceptors (Lipinski definition) is 3. The summed E-state index contributed by atoms with van der Waals surface area (Å²) in [5.74, 6) is 0.124. The number of rotatable bonds is 4. The topological polar surface area (TPSA) is 53.4 Å². The summed E-state index contributed by atoms with van der Waals surface area (Å²) in [5, 5.41) is 19.1. The molecule has 0 atom stereocenters. The van der Waals surface area contributed by atoms with E-state index >= 15 is 0 Å². The van der Waals surface area contributed by atoms with E-state index in [0.29, 0.717) is 17.7 Å². The molecule has 1 aromatic carbocycles. The van der Waals surface area contributed by atoms with E-state index in [-0.39, 0.29) is 12.4 Å². The molecule has 18 heavy (non-hydrogen) atoms. The molecule has 3 heteroatoms. The van der Waals surface area contributed by atoms with Gasteiger partial charge in [-0.25, -0.2) is 0 Å². The highest BCUT2D eigenvalue weighted by atomic mass is 16.3. The Labute approximate surface area is 107 Å². The number of hydrogen-bond donors (Lipinski definition) is 2. The van der Waals surface area contributed by atoms with E-state index in [1.165, 1.54) is 5.56 Å². The second-order valence-corrected chi connectivity index (χ2v) is 4.36. The SMILES string of the molecule is Cc1cc(CO)c(O)c(CCc2ccccc2)n1. The summed E-state index contributed by atoms with van der Waals surface area (Å²) in [5.41, 5.74) is 3.24. The number of nitrogens with zero attached hydrogens (tertiary/aromatic N) is 1. The Morgan fingerprint density at radius 2 is 1.83 bits per heavy atom. The number of aliphatic hydroxyl groups excluding tert-OH is 1. The molecule has 94 valence electrons. The molecule has 0 saturated heterocycles. The van der Waals surface area contributed by atoms with Crippen molar-refractivity contribution in [2.45, 2.75) is 26.4 Å². The van der Waals surface area contributed by atoms with Crippen molar-refractivity contribution < 1.29 is 10.2 Å². The van der Waals surface area contributed by atoms with E-state index in [0.717, 1.165) is 12.1 Å². The van der Waals surface area contributed by atoms with Crippen molar-refractivity contribution in [3.8, 4) is 5.75 Å². The van der Waals surface area contributed by atoms with Crippen LogP contribution in [0.15, 0.2) is 36.4 Å². The Hall–Kier alpha value is -1.87. The summed E-state index contributed by atoms with van der Waals surface area (Å²) in [4.78, 5) is 4.34. The number of aryl methyl sites for hydroxylation is 3. The lowest BCUT2D eigenvalue weighted by Crippen LogP contribution is -2.00. The van der Waals surface area contributed by atoms with Crippen LogP contribution in [0.2, 0.25) is 0 Å². The molecular weight excluding hydrogens is 226 g/mol. The van der Waals surface area contributed by atoms with Crippen LogP contribution < -0.4 is 0 Å². The van der Waals surface area contributed by atoms with Crippen LogP contribution in [-0.2, 0) is 19.4 Å². The number of aliphatic hydroxyl groups is 1. The summed E-state index contributed by atoms with van der Waals surface area (Å²) < 4.78 is 0. The predicted octanol–water partition coefficient (Wildman–Crippen LogP) is 2.37. The predicted molar refractivity (Wildman–Crippen MR) is 70.4 cm³/mol. The van der Waals surface area contributed by atoms with Gasteiger partial charge in [-0.1, -0.05) is 30.3 Å². The van der Waals surface area contributed by atoms with Gasteiger partial charge in [0.2, 0.25) is 0 Å². The molecule has 0 saturated carbocycles. The maximum absolute atomic E-state index is 9.97. The molecule has 1 heterocycles. The van der Waals surface area contributed by atoms with Gasteiger partial charge in [-0.05, 0) is 31.4 Å². The van der Waals surface area contributed by atoms with Gasteiger partial charge in [-0.3, -0.25) is 4.98 Å². The highest BCUT2D eigenvalue weighted by molar-refractivity contribution is 5.37. The molecular formula is C15H17NO2. The van der Waals surface area contributed by atoms with Gasteiger partial charge in [-0.15, -0.1) is 0 Å². The lowest BCUT2D eigenvalue weighted by atomic mass is 10.1. The van der Waals surface area contributed by atoms with Crippen LogP contribution >= 0.6 is 0 Å². The van der Waals surface area contributed by atoms with Gasteiger partial charge in [0.25, 0.3) is 0 Å². The number of aromatic hydroxyl groups is 1. The number of benzene rings is 1. The van der Waals surface area contributed by atoms with Crippen LogP contribution in [0.25, 0.3) is 0 Å². The van der Waals surface area contributed by atoms with Crippen molar-refractivity contribution in [2.24, 2.45) is 0 Å². The van der Waals surface area contributed by atoms with E-state index in [1.807, 2.05) is 25.1 Å². The van der Waals surface area contributed by atoms with Gasteiger partial charge in [-0.2, -0.15) is 0 Å². The zero-order chi connectivity index (χ0) is 13.0. The minimum atomic E-state index is -0.159. The van der Waals surface area contributed by atoms with Crippen LogP contribution in [0.4, 0.5) is 0 Å². The second kappa shape index (κ2) is 5.65. The van der Waals surface area contributed by atoms with Gasteiger partial charge in [0.15, 0.2) is 0 Å². The minimum absolute atomic E-state index is 0.124. The lowest BCUT2D eigenvalue weighted by Gasteiger charge is -2.09. The smallest absolute Gasteiger partial charge is 0.142 e. The standard InChI is InChI=1S/C15H17NO2/c1-11-9-13(10-17)15(18)14(16-11)8-7-12-5-3-2-4-6-12/h2-6,9,17-18H,7-8,10H2,1H3. The zero-order valence-corrected chi connectivity index (χ0v) is 10.4. The van der Waals surface area contributed by atoms with Crippen LogP contribution in [0.5, 0.6) is 5.75 Å². The Morgan fingerprint density at radius 1 is 1.11 bits per heavy atom. The molecule has 0 fully saturated rings. The fourth-order valence-electron chi connectivity index (χ4n) is 2.01. The van der Waals surface area contributed by atoms with E-state index in [9.17, 15) is 5.11 Å². The van der Waals surface area contributed by atoms with Gasteiger partial charge in [0.05, 0.1) is 12.3 Å². The van der Waals surface area contributed by atoms with Gasteiger partial charge in [0, 0.05) is 11.3 Å². The van der Waals surface area contributed by atoms with Crippen molar-refractivity contribution in [3.05, 3.63) is 58.9 Å². The molecule has 0 spiro atoms. The summed E-state index contributed by atoms with van der Waals surface area (Å²) in [7, 11) is 0. The van der Waals surface area contributed by atoms with Crippen molar-refractivity contribution >= 4 is 0 Å². The molecule has 0 amide bonds. The van der Waals surface area contributed by atoms with Gasteiger partial charge >= 0.3 is 0 Å². The second-order valence-electron chi connectivity index (χ2n) is 4.36. The average Bonchev–Trinajstić information content (AvgIpc) is 2.40. The third-order valence-electron chi connectivity index (χ3n) is 2.94. The fraction of sp³-hybridized carbons (Fsp3) is 0.267. The molecule has 0 radical (unpaired) electrons. The highest BCUT2D eigenvalue weighted by Crippen LogP contribution is 2.23. The first-order valence-corrected chi connectivity index (χ1v) is 6.04. The maximum Gasteiger partial charge on any atom is 0.142 e. The van der Waals surface area contributed by atoms with E-state index in [2.05, 4.69) is 17.1 Å². The monoisotopic (exact) mass is 243 g/mol. The number of pyridine rings is 1. The van der Waals surface area contributed by atoms with Crippen LogP contribution in [-0.4, -0.2) is 15.2 Å². The Bertz CT molecular complexity index is 524. The van der Waals surface area contributed by atoms with Crippen LogP contribution in [0.1, 0.15) is 22.5 Å². The molecule has 0 unspecified atom stereocenters. The largest absolute Gasteiger partial charge is 0.506 e. The highest BCUT2D eigenvalue weighted by Gasteiger charge is 2.09. The molecule has 0 aliphatic rings. The number of aromatic nitrogens is 1. The van der Waals surface area contributed by atoms with Crippen molar-refractivity contribution in [1.29, 1.82) is 0 Å². The van der Waals surface area contributed by atoms with E-state index < -0.39 is 0 Å². The average molecular weight is 243 g/mol. The molecule has 2 rings (SSSR count). The van der Waals surface area contributed by atoms with E-state index in [4.69, 9.17) is 5.11 Å². The summed E-state index contributed by atoms with van der Waals surface area (Å²) in [6, 6.07) is 11.8. The zero-order valence-electron chi connectivity index (χ0n) is 10.4. The van der Waals surface area contributed by atoms with Crippen LogP contribution in [0.3, 0.4) is 0 Å². The van der Waals surface area contributed by atoms with Crippen molar-refractivity contribution in [3.63, 3.8) is 0 Å². The molecule has 0 aliphatic heterocycles. The Kier molecular flexibility index (Phi) is 3.95. The molecule has 3 nitrogen and oxygen atoms in total. The van der Waals surface area contributed by atoms with Crippen molar-refractivity contribution in [1.82, 2.24) is 4.98 Å². The molecule has 2 N–H and O–H groups in total. The maximum atomic E-state index is 9.97.